The molecule has 1 amide bonds. The van der Waals surface area contributed by atoms with Crippen LogP contribution in [0.4, 0.5) is 0 Å². The van der Waals surface area contributed by atoms with Crippen LogP contribution in [0.3, 0.4) is 0 Å². The average Bonchev–Trinajstić information content (AvgIpc) is 2.97. The van der Waals surface area contributed by atoms with E-state index in [1.165, 1.54) is 44.3 Å². The fourth-order valence-electron chi connectivity index (χ4n) is 4.42. The molecule has 1 aliphatic carbocycles. The summed E-state index contributed by atoms with van der Waals surface area (Å²) >= 11 is 0. The molecule has 26 heavy (non-hydrogen) atoms. The first-order valence-corrected chi connectivity index (χ1v) is 10.2. The number of ether oxygens (including phenoxy) is 1. The van der Waals surface area contributed by atoms with Gasteiger partial charge in [-0.25, -0.2) is 0 Å². The summed E-state index contributed by atoms with van der Waals surface area (Å²) in [5, 5.41) is 10.9. The molecule has 2 aliphatic heterocycles. The predicted molar refractivity (Wildman–Crippen MR) is 98.6 cm³/mol. The first kappa shape index (κ1) is 17.9. The number of amides is 1. The zero-order chi connectivity index (χ0) is 17.8. The first-order chi connectivity index (χ1) is 12.8. The number of morpholine rings is 1. The molecule has 1 saturated heterocycles. The highest BCUT2D eigenvalue weighted by molar-refractivity contribution is 5.81. The van der Waals surface area contributed by atoms with Gasteiger partial charge in [-0.3, -0.25) is 14.4 Å². The molecular weight excluding hydrogens is 330 g/mol. The van der Waals surface area contributed by atoms with Crippen LogP contribution in [0.5, 0.6) is 0 Å². The zero-order valence-corrected chi connectivity index (χ0v) is 15.6. The van der Waals surface area contributed by atoms with Crippen molar-refractivity contribution < 1.29 is 9.53 Å². The summed E-state index contributed by atoms with van der Waals surface area (Å²) in [5.41, 5.74) is 2.23. The Bertz CT molecular complexity index is 605. The Morgan fingerprint density at radius 1 is 1.27 bits per heavy atom. The summed E-state index contributed by atoms with van der Waals surface area (Å²) in [4.78, 5) is 14.9. The van der Waals surface area contributed by atoms with E-state index in [9.17, 15) is 4.79 Å². The second-order valence-electron chi connectivity index (χ2n) is 7.75. The molecule has 7 heteroatoms. The molecule has 1 aromatic rings. The summed E-state index contributed by atoms with van der Waals surface area (Å²) in [6.07, 6.45) is 7.58. The molecule has 3 heterocycles. The summed E-state index contributed by atoms with van der Waals surface area (Å²) < 4.78 is 7.64. The van der Waals surface area contributed by atoms with E-state index in [4.69, 9.17) is 9.84 Å². The van der Waals surface area contributed by atoms with Gasteiger partial charge >= 0.3 is 0 Å². The van der Waals surface area contributed by atoms with Crippen LogP contribution >= 0.6 is 0 Å². The number of nitrogens with zero attached hydrogens (tertiary/aromatic N) is 3. The summed E-state index contributed by atoms with van der Waals surface area (Å²) in [6, 6.07) is 2.91. The van der Waals surface area contributed by atoms with Crippen molar-refractivity contribution in [2.75, 3.05) is 26.2 Å². The highest BCUT2D eigenvalue weighted by atomic mass is 16.5. The van der Waals surface area contributed by atoms with Crippen LogP contribution < -0.4 is 10.6 Å². The van der Waals surface area contributed by atoms with Gasteiger partial charge in [0.05, 0.1) is 24.5 Å². The van der Waals surface area contributed by atoms with Crippen LogP contribution in [0.2, 0.25) is 0 Å². The summed E-state index contributed by atoms with van der Waals surface area (Å²) in [5.74, 6) is -0.0516. The molecule has 2 N–H and O–H groups in total. The van der Waals surface area contributed by atoms with Crippen molar-refractivity contribution in [2.24, 2.45) is 0 Å². The molecule has 0 aromatic carbocycles. The maximum absolute atomic E-state index is 12.2. The quantitative estimate of drug-likeness (QED) is 0.838. The smallest absolute Gasteiger partial charge is 0.250 e. The minimum Gasteiger partial charge on any atom is -0.366 e. The van der Waals surface area contributed by atoms with E-state index in [0.29, 0.717) is 19.7 Å². The van der Waals surface area contributed by atoms with Crippen molar-refractivity contribution in [1.29, 1.82) is 0 Å². The average molecular weight is 361 g/mol. The molecule has 0 unspecified atom stereocenters. The number of aromatic nitrogens is 2. The zero-order valence-electron chi connectivity index (χ0n) is 15.6. The van der Waals surface area contributed by atoms with E-state index in [2.05, 4.69) is 26.3 Å². The fourth-order valence-corrected chi connectivity index (χ4v) is 4.42. The Hall–Kier alpha value is -1.44. The van der Waals surface area contributed by atoms with Gasteiger partial charge in [0, 0.05) is 38.8 Å². The summed E-state index contributed by atoms with van der Waals surface area (Å²) in [6.45, 7) is 5.60. The number of rotatable bonds is 4. The minimum absolute atomic E-state index is 0.0516. The second kappa shape index (κ2) is 8.50. The Balaban J connectivity index is 1.34. The Morgan fingerprint density at radius 2 is 2.15 bits per heavy atom. The van der Waals surface area contributed by atoms with Gasteiger partial charge in [-0.05, 0) is 25.3 Å². The van der Waals surface area contributed by atoms with Crippen LogP contribution in [0, 0.1) is 0 Å². The maximum Gasteiger partial charge on any atom is 0.250 e. The van der Waals surface area contributed by atoms with Gasteiger partial charge in [0.15, 0.2) is 0 Å². The monoisotopic (exact) mass is 361 g/mol. The molecule has 0 spiro atoms. The number of fused-ring (bicyclic) bond motifs is 1. The van der Waals surface area contributed by atoms with Gasteiger partial charge in [-0.1, -0.05) is 19.3 Å². The third-order valence-electron chi connectivity index (χ3n) is 5.85. The number of hydrogen-bond acceptors (Lipinski definition) is 5. The van der Waals surface area contributed by atoms with Crippen LogP contribution in [-0.2, 0) is 29.2 Å². The molecule has 0 radical (unpaired) electrons. The highest BCUT2D eigenvalue weighted by Crippen LogP contribution is 2.26. The lowest BCUT2D eigenvalue weighted by Gasteiger charge is -2.33. The number of aryl methyl sites for hydroxylation is 1. The van der Waals surface area contributed by atoms with Crippen molar-refractivity contribution in [3.63, 3.8) is 0 Å². The molecule has 3 aliphatic rings. The maximum atomic E-state index is 12.2. The van der Waals surface area contributed by atoms with Crippen LogP contribution in [0.25, 0.3) is 0 Å². The number of carbonyl (C=O) groups excluding carboxylic acids is 1. The molecule has 1 saturated carbocycles. The van der Waals surface area contributed by atoms with E-state index in [1.54, 1.807) is 0 Å². The molecule has 144 valence electrons. The van der Waals surface area contributed by atoms with Crippen LogP contribution in [0.15, 0.2) is 6.07 Å². The summed E-state index contributed by atoms with van der Waals surface area (Å²) in [7, 11) is 0. The van der Waals surface area contributed by atoms with Gasteiger partial charge in [-0.2, -0.15) is 5.10 Å². The van der Waals surface area contributed by atoms with Crippen molar-refractivity contribution in [3.05, 3.63) is 17.5 Å². The lowest BCUT2D eigenvalue weighted by atomic mass is 9.94. The lowest BCUT2D eigenvalue weighted by molar-refractivity contribution is -0.134. The van der Waals surface area contributed by atoms with Gasteiger partial charge in [0.2, 0.25) is 0 Å². The Labute approximate surface area is 155 Å². The molecule has 4 rings (SSSR count). The van der Waals surface area contributed by atoms with Crippen molar-refractivity contribution in [2.45, 2.75) is 70.3 Å². The van der Waals surface area contributed by atoms with Gasteiger partial charge < -0.3 is 15.4 Å². The molecule has 2 fully saturated rings. The SMILES string of the molecule is O=C(NCc1cc2n(n1)CCCN(C1CCCCC1)C2)[C@H]1CNCCO1. The Morgan fingerprint density at radius 3 is 2.96 bits per heavy atom. The van der Waals surface area contributed by atoms with Crippen LogP contribution in [-0.4, -0.2) is 59.0 Å². The third-order valence-corrected chi connectivity index (χ3v) is 5.85. The predicted octanol–water partition coefficient (Wildman–Crippen LogP) is 1.03. The van der Waals surface area contributed by atoms with Gasteiger partial charge in [-0.15, -0.1) is 0 Å². The third kappa shape index (κ3) is 4.27. The first-order valence-electron chi connectivity index (χ1n) is 10.2. The van der Waals surface area contributed by atoms with Gasteiger partial charge in [0.1, 0.15) is 6.10 Å². The lowest BCUT2D eigenvalue weighted by Crippen LogP contribution is -2.47. The largest absolute Gasteiger partial charge is 0.366 e. The van der Waals surface area contributed by atoms with Crippen molar-refractivity contribution in [3.8, 4) is 0 Å². The molecule has 7 nitrogen and oxygen atoms in total. The normalized spacial score (nSPS) is 25.5. The molecule has 1 aromatic heterocycles. The minimum atomic E-state index is -0.383. The molecule has 1 atom stereocenters. The van der Waals surface area contributed by atoms with E-state index in [1.807, 2.05) is 0 Å². The standard InChI is InChI=1S/C19H31N5O2/c25-19(18-13-20-7-10-26-18)21-12-15-11-17-14-23(8-4-9-24(17)22-15)16-5-2-1-3-6-16/h11,16,18,20H,1-10,12-14H2,(H,21,25)/t18-/m1/s1. The Kier molecular flexibility index (Phi) is 5.87. The highest BCUT2D eigenvalue weighted by Gasteiger charge is 2.25. The van der Waals surface area contributed by atoms with Crippen molar-refractivity contribution >= 4 is 5.91 Å². The van der Waals surface area contributed by atoms with E-state index < -0.39 is 0 Å². The van der Waals surface area contributed by atoms with E-state index in [0.717, 1.165) is 37.8 Å². The number of hydrogen-bond donors (Lipinski definition) is 2. The number of nitrogens with one attached hydrogen (secondary N) is 2. The van der Waals surface area contributed by atoms with E-state index in [-0.39, 0.29) is 12.0 Å². The number of carbonyl (C=O) groups is 1. The molecular formula is C19H31N5O2. The topological polar surface area (TPSA) is 71.4 Å². The molecule has 0 bridgehead atoms. The van der Waals surface area contributed by atoms with Crippen LogP contribution in [0.1, 0.15) is 49.9 Å². The van der Waals surface area contributed by atoms with Gasteiger partial charge in [0.25, 0.3) is 5.91 Å². The van der Waals surface area contributed by atoms with E-state index >= 15 is 0 Å². The van der Waals surface area contributed by atoms with Crippen molar-refractivity contribution in [1.82, 2.24) is 25.3 Å². The second-order valence-corrected chi connectivity index (χ2v) is 7.75. The fraction of sp³-hybridized carbons (Fsp3) is 0.789.